The van der Waals surface area contributed by atoms with Gasteiger partial charge in [-0.25, -0.2) is 0 Å². The lowest BCUT2D eigenvalue weighted by atomic mass is 9.85. The molecule has 0 radical (unpaired) electrons. The maximum absolute atomic E-state index is 6.74. The number of furan rings is 1. The highest BCUT2D eigenvalue weighted by Crippen LogP contribution is 2.51. The zero-order chi connectivity index (χ0) is 31.6. The second kappa shape index (κ2) is 10.8. The van der Waals surface area contributed by atoms with Crippen molar-refractivity contribution in [3.05, 3.63) is 170 Å². The summed E-state index contributed by atoms with van der Waals surface area (Å²) in [6, 6.07) is 61.1. The van der Waals surface area contributed by atoms with Gasteiger partial charge in [-0.1, -0.05) is 152 Å². The van der Waals surface area contributed by atoms with E-state index in [1.807, 2.05) is 11.3 Å². The molecule has 0 aliphatic rings. The van der Waals surface area contributed by atoms with E-state index in [4.69, 9.17) is 4.42 Å². The van der Waals surface area contributed by atoms with Gasteiger partial charge in [0.05, 0.1) is 0 Å². The third-order valence-electron chi connectivity index (χ3n) is 9.68. The normalized spacial score (nSPS) is 11.8. The first kappa shape index (κ1) is 27.2. The van der Waals surface area contributed by atoms with E-state index in [2.05, 4.69) is 170 Å². The first-order valence-corrected chi connectivity index (χ1v) is 17.2. The fraction of sp³-hybridized carbons (Fsp3) is 0. The fourth-order valence-electron chi connectivity index (χ4n) is 7.68. The van der Waals surface area contributed by atoms with Crippen molar-refractivity contribution in [1.82, 2.24) is 0 Å². The summed E-state index contributed by atoms with van der Waals surface area (Å²) in [4.78, 5) is 0. The Labute approximate surface area is 282 Å². The van der Waals surface area contributed by atoms with Crippen molar-refractivity contribution in [2.24, 2.45) is 0 Å². The molecule has 0 spiro atoms. The lowest BCUT2D eigenvalue weighted by Gasteiger charge is -2.18. The molecular formula is C46H28OS. The van der Waals surface area contributed by atoms with E-state index in [1.165, 1.54) is 69.4 Å². The molecule has 8 aromatic carbocycles. The first-order valence-electron chi connectivity index (χ1n) is 16.4. The van der Waals surface area contributed by atoms with Crippen LogP contribution in [-0.4, -0.2) is 0 Å². The monoisotopic (exact) mass is 628 g/mol. The van der Waals surface area contributed by atoms with Gasteiger partial charge in [0, 0.05) is 36.7 Å². The Bertz CT molecular complexity index is 2750. The van der Waals surface area contributed by atoms with Crippen molar-refractivity contribution in [3.8, 4) is 44.7 Å². The number of thiophene rings is 1. The molecule has 0 amide bonds. The molecule has 0 bridgehead atoms. The number of hydrogen-bond acceptors (Lipinski definition) is 2. The van der Waals surface area contributed by atoms with Crippen LogP contribution in [0.2, 0.25) is 0 Å². The minimum absolute atomic E-state index is 0.912. The van der Waals surface area contributed by atoms with Gasteiger partial charge in [0.2, 0.25) is 0 Å². The van der Waals surface area contributed by atoms with Gasteiger partial charge in [0.15, 0.2) is 0 Å². The van der Waals surface area contributed by atoms with Gasteiger partial charge in [0.1, 0.15) is 11.3 Å². The molecule has 10 aromatic rings. The molecule has 2 aromatic heterocycles. The molecule has 2 heteroatoms. The van der Waals surface area contributed by atoms with Gasteiger partial charge in [-0.3, -0.25) is 0 Å². The molecule has 0 N–H and O–H groups in total. The van der Waals surface area contributed by atoms with Crippen molar-refractivity contribution < 1.29 is 4.42 Å². The van der Waals surface area contributed by atoms with E-state index in [-0.39, 0.29) is 0 Å². The maximum Gasteiger partial charge on any atom is 0.143 e. The summed E-state index contributed by atoms with van der Waals surface area (Å²) in [5.74, 6) is 0.912. The van der Waals surface area contributed by atoms with Crippen LogP contribution < -0.4 is 0 Å². The molecule has 0 saturated heterocycles. The third kappa shape index (κ3) is 4.03. The largest absolute Gasteiger partial charge is 0.455 e. The molecular weight excluding hydrogens is 601 g/mol. The van der Waals surface area contributed by atoms with Crippen LogP contribution in [0.1, 0.15) is 0 Å². The Kier molecular flexibility index (Phi) is 6.12. The standard InChI is InChI=1S/C46H28OS/c1-4-15-29(16-5-1)40-32-21-10-12-23-34(32)42(35-24-13-11-22-33(35)40)36-25-14-26-39-43(36)37-27-28-38-44(46(37)48-39)41(30-17-6-2-7-18-30)45(47-38)31-19-8-3-9-20-31/h1-28H. The second-order valence-electron chi connectivity index (χ2n) is 12.3. The van der Waals surface area contributed by atoms with Crippen molar-refractivity contribution in [1.29, 1.82) is 0 Å². The number of fused-ring (bicyclic) bond motifs is 7. The molecule has 0 fully saturated rings. The van der Waals surface area contributed by atoms with Crippen LogP contribution in [0.25, 0.3) is 97.4 Å². The van der Waals surface area contributed by atoms with E-state index in [0.29, 0.717) is 0 Å². The highest BCUT2D eigenvalue weighted by atomic mass is 32.1. The van der Waals surface area contributed by atoms with E-state index in [9.17, 15) is 0 Å². The third-order valence-corrected chi connectivity index (χ3v) is 10.9. The lowest BCUT2D eigenvalue weighted by Crippen LogP contribution is -1.91. The predicted octanol–water partition coefficient (Wildman–Crippen LogP) is 13.8. The van der Waals surface area contributed by atoms with Crippen molar-refractivity contribution in [2.45, 2.75) is 0 Å². The highest BCUT2D eigenvalue weighted by molar-refractivity contribution is 7.26. The quantitative estimate of drug-likeness (QED) is 0.177. The van der Waals surface area contributed by atoms with Gasteiger partial charge < -0.3 is 4.42 Å². The molecule has 2 heterocycles. The molecule has 0 atom stereocenters. The van der Waals surface area contributed by atoms with Crippen molar-refractivity contribution >= 4 is 64.0 Å². The number of benzene rings is 8. The Morgan fingerprint density at radius 2 is 0.875 bits per heavy atom. The zero-order valence-electron chi connectivity index (χ0n) is 26.0. The molecule has 10 rings (SSSR count). The average Bonchev–Trinajstić information content (AvgIpc) is 3.74. The lowest BCUT2D eigenvalue weighted by molar-refractivity contribution is 0.632. The molecule has 1 nitrogen and oxygen atoms in total. The van der Waals surface area contributed by atoms with Crippen molar-refractivity contribution in [2.75, 3.05) is 0 Å². The zero-order valence-corrected chi connectivity index (χ0v) is 26.8. The van der Waals surface area contributed by atoms with Crippen molar-refractivity contribution in [3.63, 3.8) is 0 Å². The second-order valence-corrected chi connectivity index (χ2v) is 13.4. The van der Waals surface area contributed by atoms with E-state index < -0.39 is 0 Å². The summed E-state index contributed by atoms with van der Waals surface area (Å²) in [6.07, 6.45) is 0. The summed E-state index contributed by atoms with van der Waals surface area (Å²) in [5, 5.41) is 8.80. The minimum atomic E-state index is 0.912. The summed E-state index contributed by atoms with van der Waals surface area (Å²) in [6.45, 7) is 0. The molecule has 0 saturated carbocycles. The Morgan fingerprint density at radius 1 is 0.354 bits per heavy atom. The molecule has 0 aliphatic heterocycles. The average molecular weight is 629 g/mol. The predicted molar refractivity (Wildman–Crippen MR) is 206 cm³/mol. The molecule has 224 valence electrons. The van der Waals surface area contributed by atoms with Crippen LogP contribution in [0.3, 0.4) is 0 Å². The van der Waals surface area contributed by atoms with E-state index in [0.717, 1.165) is 28.0 Å². The number of hydrogen-bond donors (Lipinski definition) is 0. The Morgan fingerprint density at radius 3 is 1.48 bits per heavy atom. The van der Waals surface area contributed by atoms with Gasteiger partial charge in [-0.15, -0.1) is 11.3 Å². The van der Waals surface area contributed by atoms with Crippen LogP contribution in [0.15, 0.2) is 174 Å². The molecule has 0 unspecified atom stereocenters. The molecule has 0 aliphatic carbocycles. The SMILES string of the molecule is c1ccc(-c2oc3ccc4c(sc5cccc(-c6c7ccccc7c(-c7ccccc7)c7ccccc67)c54)c3c2-c2ccccc2)cc1. The first-order chi connectivity index (χ1) is 23.8. The van der Waals surface area contributed by atoms with Crippen LogP contribution in [0.4, 0.5) is 0 Å². The summed E-state index contributed by atoms with van der Waals surface area (Å²) in [5.41, 5.74) is 9.38. The Balaban J connectivity index is 1.33. The Hall–Kier alpha value is -5.96. The summed E-state index contributed by atoms with van der Waals surface area (Å²) < 4.78 is 9.27. The van der Waals surface area contributed by atoms with Crippen LogP contribution in [-0.2, 0) is 0 Å². The fourth-order valence-corrected chi connectivity index (χ4v) is 8.96. The van der Waals surface area contributed by atoms with Gasteiger partial charge in [0.25, 0.3) is 0 Å². The summed E-state index contributed by atoms with van der Waals surface area (Å²) in [7, 11) is 0. The molecule has 48 heavy (non-hydrogen) atoms. The minimum Gasteiger partial charge on any atom is -0.455 e. The van der Waals surface area contributed by atoms with E-state index in [1.54, 1.807) is 0 Å². The van der Waals surface area contributed by atoms with Gasteiger partial charge in [-0.05, 0) is 67.6 Å². The van der Waals surface area contributed by atoms with Crippen LogP contribution in [0.5, 0.6) is 0 Å². The topological polar surface area (TPSA) is 13.1 Å². The van der Waals surface area contributed by atoms with Crippen LogP contribution in [0, 0.1) is 0 Å². The summed E-state index contributed by atoms with van der Waals surface area (Å²) >= 11 is 1.87. The van der Waals surface area contributed by atoms with E-state index >= 15 is 0 Å². The maximum atomic E-state index is 6.74. The van der Waals surface area contributed by atoms with Crippen LogP contribution >= 0.6 is 11.3 Å². The van der Waals surface area contributed by atoms with Gasteiger partial charge >= 0.3 is 0 Å². The van der Waals surface area contributed by atoms with Gasteiger partial charge in [-0.2, -0.15) is 0 Å². The highest BCUT2D eigenvalue weighted by Gasteiger charge is 2.24. The smallest absolute Gasteiger partial charge is 0.143 e. The number of rotatable bonds is 4.